The highest BCUT2D eigenvalue weighted by Crippen LogP contribution is 2.38. The van der Waals surface area contributed by atoms with Crippen molar-refractivity contribution in [1.82, 2.24) is 5.01 Å². The summed E-state index contributed by atoms with van der Waals surface area (Å²) in [5.74, 6) is 0.138. The lowest BCUT2D eigenvalue weighted by Gasteiger charge is -2.22. The number of benzene rings is 2. The first-order valence-corrected chi connectivity index (χ1v) is 11.0. The molecule has 2 aromatic carbocycles. The number of hydrogen-bond acceptors (Lipinski definition) is 6. The Hall–Kier alpha value is -3.07. The number of carbonyl (C=O) groups excluding carboxylic acids is 1. The standard InChI is InChI=1S/C20H23N3O5S/c1-4-20(25)23-17(13-9-10-19(28-2)18(24)11-13)12-16(21-23)14-7-5-6-8-15(14)22-29(3,26)27/h5-11,17,22,24H,4,12H2,1-3H3. The van der Waals surface area contributed by atoms with E-state index in [1.54, 1.807) is 49.4 Å². The molecule has 1 aliphatic rings. The number of anilines is 1. The normalized spacial score (nSPS) is 16.4. The van der Waals surface area contributed by atoms with Crippen molar-refractivity contribution in [1.29, 1.82) is 0 Å². The first kappa shape index (κ1) is 20.7. The highest BCUT2D eigenvalue weighted by Gasteiger charge is 2.33. The lowest BCUT2D eigenvalue weighted by molar-refractivity contribution is -0.132. The summed E-state index contributed by atoms with van der Waals surface area (Å²) in [5, 5.41) is 16.0. The first-order chi connectivity index (χ1) is 13.7. The number of sulfonamides is 1. The summed E-state index contributed by atoms with van der Waals surface area (Å²) in [6, 6.07) is 11.5. The number of methoxy groups -OCH3 is 1. The number of ether oxygens (including phenoxy) is 1. The number of hydrogen-bond donors (Lipinski definition) is 2. The Morgan fingerprint density at radius 2 is 2.03 bits per heavy atom. The highest BCUT2D eigenvalue weighted by molar-refractivity contribution is 7.92. The van der Waals surface area contributed by atoms with Gasteiger partial charge < -0.3 is 9.84 Å². The number of rotatable bonds is 6. The fraction of sp³-hybridized carbons (Fsp3) is 0.300. The fourth-order valence-electron chi connectivity index (χ4n) is 3.26. The molecule has 1 heterocycles. The van der Waals surface area contributed by atoms with Gasteiger partial charge in [-0.15, -0.1) is 0 Å². The molecule has 0 bridgehead atoms. The van der Waals surface area contributed by atoms with Crippen molar-refractivity contribution in [2.75, 3.05) is 18.1 Å². The average Bonchev–Trinajstić information content (AvgIpc) is 3.11. The molecule has 0 radical (unpaired) electrons. The molecule has 0 saturated heterocycles. The van der Waals surface area contributed by atoms with Crippen molar-refractivity contribution in [3.05, 3.63) is 53.6 Å². The van der Waals surface area contributed by atoms with Gasteiger partial charge in [0.1, 0.15) is 0 Å². The van der Waals surface area contributed by atoms with Gasteiger partial charge in [0.15, 0.2) is 11.5 Å². The number of aromatic hydroxyl groups is 1. The summed E-state index contributed by atoms with van der Waals surface area (Å²) in [6.07, 6.45) is 1.72. The molecule has 0 spiro atoms. The minimum atomic E-state index is -3.48. The maximum absolute atomic E-state index is 12.5. The third-order valence-corrected chi connectivity index (χ3v) is 5.18. The molecule has 0 aliphatic carbocycles. The zero-order chi connectivity index (χ0) is 21.2. The van der Waals surface area contributed by atoms with E-state index in [0.717, 1.165) is 6.26 Å². The van der Waals surface area contributed by atoms with E-state index in [-0.39, 0.29) is 18.1 Å². The average molecular weight is 417 g/mol. The zero-order valence-electron chi connectivity index (χ0n) is 16.4. The third-order valence-electron chi connectivity index (χ3n) is 4.59. The van der Waals surface area contributed by atoms with Crippen LogP contribution >= 0.6 is 0 Å². The van der Waals surface area contributed by atoms with Crippen LogP contribution in [-0.4, -0.2) is 43.5 Å². The molecule has 0 fully saturated rings. The minimum Gasteiger partial charge on any atom is -0.504 e. The van der Waals surface area contributed by atoms with Crippen LogP contribution in [0.4, 0.5) is 5.69 Å². The Bertz CT molecular complexity index is 1070. The van der Waals surface area contributed by atoms with Gasteiger partial charge in [-0.25, -0.2) is 13.4 Å². The number of carbonyl (C=O) groups is 1. The van der Waals surface area contributed by atoms with Crippen LogP contribution in [0, 0.1) is 0 Å². The molecule has 1 atom stereocenters. The van der Waals surface area contributed by atoms with Crippen LogP contribution in [0.5, 0.6) is 11.5 Å². The van der Waals surface area contributed by atoms with Gasteiger partial charge >= 0.3 is 0 Å². The molecule has 9 heteroatoms. The Morgan fingerprint density at radius 3 is 2.66 bits per heavy atom. The fourth-order valence-corrected chi connectivity index (χ4v) is 3.84. The quantitative estimate of drug-likeness (QED) is 0.751. The molecule has 0 aromatic heterocycles. The summed E-state index contributed by atoms with van der Waals surface area (Å²) in [4.78, 5) is 12.5. The smallest absolute Gasteiger partial charge is 0.242 e. The Balaban J connectivity index is 2.01. The molecule has 1 aliphatic heterocycles. The molecule has 3 rings (SSSR count). The van der Waals surface area contributed by atoms with Crippen LogP contribution in [0.2, 0.25) is 0 Å². The lowest BCUT2D eigenvalue weighted by atomic mass is 9.97. The van der Waals surface area contributed by atoms with Crippen molar-refractivity contribution in [2.24, 2.45) is 5.10 Å². The van der Waals surface area contributed by atoms with E-state index < -0.39 is 16.1 Å². The maximum Gasteiger partial charge on any atom is 0.242 e. The minimum absolute atomic E-state index is 0.0264. The van der Waals surface area contributed by atoms with Gasteiger partial charge in [0, 0.05) is 18.4 Å². The molecular weight excluding hydrogens is 394 g/mol. The molecule has 2 N–H and O–H groups in total. The number of phenolic OH excluding ortho intramolecular Hbond substituents is 1. The number of amides is 1. The predicted molar refractivity (Wildman–Crippen MR) is 111 cm³/mol. The molecule has 1 amide bonds. The van der Waals surface area contributed by atoms with Crippen molar-refractivity contribution < 1.29 is 23.1 Å². The summed E-state index contributed by atoms with van der Waals surface area (Å²) >= 11 is 0. The van der Waals surface area contributed by atoms with E-state index in [1.807, 2.05) is 0 Å². The topological polar surface area (TPSA) is 108 Å². The number of phenols is 1. The van der Waals surface area contributed by atoms with E-state index >= 15 is 0 Å². The van der Waals surface area contributed by atoms with Gasteiger partial charge in [-0.3, -0.25) is 9.52 Å². The van der Waals surface area contributed by atoms with Gasteiger partial charge in [-0.05, 0) is 23.8 Å². The number of para-hydroxylation sites is 1. The van der Waals surface area contributed by atoms with Crippen molar-refractivity contribution in [2.45, 2.75) is 25.8 Å². The maximum atomic E-state index is 12.5. The summed E-state index contributed by atoms with van der Waals surface area (Å²) in [6.45, 7) is 1.75. The Morgan fingerprint density at radius 1 is 1.31 bits per heavy atom. The summed E-state index contributed by atoms with van der Waals surface area (Å²) < 4.78 is 31.0. The van der Waals surface area contributed by atoms with Gasteiger partial charge in [-0.1, -0.05) is 31.2 Å². The number of nitrogens with one attached hydrogen (secondary N) is 1. The van der Waals surface area contributed by atoms with E-state index in [2.05, 4.69) is 9.82 Å². The lowest BCUT2D eigenvalue weighted by Crippen LogP contribution is -2.26. The van der Waals surface area contributed by atoms with Gasteiger partial charge in [0.25, 0.3) is 0 Å². The molecule has 2 aromatic rings. The number of hydrazone groups is 1. The van der Waals surface area contributed by atoms with Crippen LogP contribution < -0.4 is 9.46 Å². The largest absolute Gasteiger partial charge is 0.504 e. The second kappa shape index (κ2) is 8.12. The van der Waals surface area contributed by atoms with E-state index in [0.29, 0.717) is 34.7 Å². The van der Waals surface area contributed by atoms with E-state index in [4.69, 9.17) is 4.74 Å². The summed E-state index contributed by atoms with van der Waals surface area (Å²) in [5.41, 5.74) is 2.29. The van der Waals surface area contributed by atoms with Crippen molar-refractivity contribution in [3.8, 4) is 11.5 Å². The monoisotopic (exact) mass is 417 g/mol. The second-order valence-corrected chi connectivity index (χ2v) is 8.46. The molecular formula is C20H23N3O5S. The molecule has 8 nitrogen and oxygen atoms in total. The van der Waals surface area contributed by atoms with Crippen LogP contribution in [0.3, 0.4) is 0 Å². The van der Waals surface area contributed by atoms with Crippen LogP contribution in [-0.2, 0) is 14.8 Å². The second-order valence-electron chi connectivity index (χ2n) is 6.71. The third kappa shape index (κ3) is 4.51. The molecule has 29 heavy (non-hydrogen) atoms. The molecule has 1 unspecified atom stereocenters. The molecule has 154 valence electrons. The van der Waals surface area contributed by atoms with Crippen LogP contribution in [0.15, 0.2) is 47.6 Å². The highest BCUT2D eigenvalue weighted by atomic mass is 32.2. The van der Waals surface area contributed by atoms with E-state index in [1.165, 1.54) is 12.1 Å². The van der Waals surface area contributed by atoms with Crippen molar-refractivity contribution >= 4 is 27.3 Å². The van der Waals surface area contributed by atoms with Gasteiger partial charge in [0.2, 0.25) is 15.9 Å². The number of nitrogens with zero attached hydrogens (tertiary/aromatic N) is 2. The van der Waals surface area contributed by atoms with Crippen LogP contribution in [0.1, 0.15) is 36.9 Å². The van der Waals surface area contributed by atoms with Gasteiger partial charge in [0.05, 0.1) is 30.8 Å². The predicted octanol–water partition coefficient (Wildman–Crippen LogP) is 2.86. The van der Waals surface area contributed by atoms with Crippen molar-refractivity contribution in [3.63, 3.8) is 0 Å². The van der Waals surface area contributed by atoms with Gasteiger partial charge in [-0.2, -0.15) is 5.10 Å². The SMILES string of the molecule is CCC(=O)N1N=C(c2ccccc2NS(C)(=O)=O)CC1c1ccc(OC)c(O)c1. The first-order valence-electron chi connectivity index (χ1n) is 9.07. The zero-order valence-corrected chi connectivity index (χ0v) is 17.2. The molecule has 0 saturated carbocycles. The van der Waals surface area contributed by atoms with Crippen LogP contribution in [0.25, 0.3) is 0 Å². The van der Waals surface area contributed by atoms with E-state index in [9.17, 15) is 18.3 Å². The summed E-state index contributed by atoms with van der Waals surface area (Å²) in [7, 11) is -2.01. The Kier molecular flexibility index (Phi) is 5.78. The Labute approximate surface area is 169 Å².